The van der Waals surface area contributed by atoms with Crippen LogP contribution >= 0.6 is 67.8 Å². The topological polar surface area (TPSA) is 82.1 Å². The van der Waals surface area contributed by atoms with Crippen molar-refractivity contribution in [3.05, 3.63) is 93.6 Å². The molecular weight excluding hydrogens is 1140 g/mol. The van der Waals surface area contributed by atoms with Gasteiger partial charge < -0.3 is 16.0 Å². The number of phenolic OH excluding ortho intramolecular Hbond substituents is 1. The standard InChI is InChI=1S/C23H34I2O2Si2.C11H16O3S.C10H15IOSi.Na.H/c1-16-12-18(28(3,4)5)14-20(24)22(16)26-10-9-11-27-23-17(2)13-19(15-21(23)25)29(6,7)8;1-3-4-9-14-15(12,13)11-7-5-10(2)6-8-11;1-7-5-8(13(2,3)4)6-9(11)10(7)12;;/h12-15H,9-11H2,1-8H3;5-8H,3-4,9H2,1-2H3;5-6,12H,1-4H3;;/q;;;+1;-1. The fourth-order valence-corrected chi connectivity index (χ4v) is 13.5. The zero-order valence-corrected chi connectivity index (χ0v) is 49.8. The molecule has 0 bridgehead atoms. The number of ether oxygens (including phenoxy) is 2. The summed E-state index contributed by atoms with van der Waals surface area (Å²) in [6.45, 7) is 33.0. The fourth-order valence-electron chi connectivity index (χ4n) is 5.36. The Bertz CT molecular complexity index is 1910. The van der Waals surface area contributed by atoms with Crippen LogP contribution in [-0.4, -0.2) is 57.6 Å². The molecular formula is C44H66I3NaO6SSi3. The van der Waals surface area contributed by atoms with Crippen LogP contribution in [0.2, 0.25) is 58.9 Å². The average molecular weight is 1210 g/mol. The molecule has 0 radical (unpaired) electrons. The molecule has 0 aromatic heterocycles. The monoisotopic (exact) mass is 1210 g/mol. The number of benzene rings is 4. The second kappa shape index (κ2) is 24.8. The normalized spacial score (nSPS) is 11.7. The molecule has 4 aromatic carbocycles. The van der Waals surface area contributed by atoms with Gasteiger partial charge in [0.2, 0.25) is 0 Å². The van der Waals surface area contributed by atoms with Crippen molar-refractivity contribution in [2.75, 3.05) is 19.8 Å². The number of phenols is 1. The number of unbranched alkanes of at least 4 members (excludes halogenated alkanes) is 1. The minimum absolute atomic E-state index is 0. The van der Waals surface area contributed by atoms with Gasteiger partial charge in [0, 0.05) is 6.42 Å². The first-order valence-corrected chi connectivity index (χ1v) is 34.7. The summed E-state index contributed by atoms with van der Waals surface area (Å²) >= 11 is 7.00. The summed E-state index contributed by atoms with van der Waals surface area (Å²) in [6.07, 6.45) is 2.55. The first-order valence-electron chi connectivity index (χ1n) is 19.5. The molecule has 0 aliphatic heterocycles. The summed E-state index contributed by atoms with van der Waals surface area (Å²) in [5, 5.41) is 14.0. The van der Waals surface area contributed by atoms with E-state index in [0.29, 0.717) is 19.0 Å². The molecule has 4 aromatic rings. The Labute approximate surface area is 419 Å². The van der Waals surface area contributed by atoms with E-state index in [0.717, 1.165) is 45.5 Å². The second-order valence-corrected chi connectivity index (χ2v) is 37.9. The van der Waals surface area contributed by atoms with E-state index >= 15 is 0 Å². The van der Waals surface area contributed by atoms with Crippen molar-refractivity contribution in [3.63, 3.8) is 0 Å². The molecule has 58 heavy (non-hydrogen) atoms. The van der Waals surface area contributed by atoms with E-state index in [1.807, 2.05) is 20.8 Å². The maximum atomic E-state index is 11.6. The number of aryl methyl sites for hydroxylation is 4. The van der Waals surface area contributed by atoms with Crippen LogP contribution in [-0.2, 0) is 14.3 Å². The summed E-state index contributed by atoms with van der Waals surface area (Å²) in [5.41, 5.74) is 4.50. The summed E-state index contributed by atoms with van der Waals surface area (Å²) in [6, 6.07) is 20.1. The van der Waals surface area contributed by atoms with E-state index in [1.165, 1.54) is 33.8 Å². The Hall–Kier alpha value is 0.0306. The Balaban J connectivity index is 0.000000942. The van der Waals surface area contributed by atoms with Gasteiger partial charge in [-0.05, 0) is 149 Å². The third-order valence-corrected chi connectivity index (χ3v) is 19.0. The third kappa shape index (κ3) is 18.4. The Morgan fingerprint density at radius 2 is 0.966 bits per heavy atom. The molecule has 0 heterocycles. The molecule has 318 valence electrons. The maximum Gasteiger partial charge on any atom is 1.00 e. The number of hydrogen-bond donors (Lipinski definition) is 1. The van der Waals surface area contributed by atoms with Crippen LogP contribution in [0.25, 0.3) is 0 Å². The Morgan fingerprint density at radius 1 is 0.586 bits per heavy atom. The van der Waals surface area contributed by atoms with Gasteiger partial charge in [-0.2, -0.15) is 8.42 Å². The summed E-state index contributed by atoms with van der Waals surface area (Å²) in [7, 11) is -7.40. The maximum absolute atomic E-state index is 11.6. The molecule has 0 aliphatic rings. The molecule has 0 saturated carbocycles. The summed E-state index contributed by atoms with van der Waals surface area (Å²) in [5.74, 6) is 2.48. The number of halogens is 3. The van der Waals surface area contributed by atoms with E-state index in [1.54, 1.807) is 24.3 Å². The summed E-state index contributed by atoms with van der Waals surface area (Å²) < 4.78 is 43.7. The van der Waals surface area contributed by atoms with Gasteiger partial charge in [-0.15, -0.1) is 0 Å². The van der Waals surface area contributed by atoms with Crippen LogP contribution in [0.15, 0.2) is 65.6 Å². The zero-order valence-electron chi connectivity index (χ0n) is 38.5. The zero-order chi connectivity index (χ0) is 43.5. The van der Waals surface area contributed by atoms with Crippen molar-refractivity contribution in [3.8, 4) is 17.2 Å². The van der Waals surface area contributed by atoms with Crippen LogP contribution in [0.3, 0.4) is 0 Å². The van der Waals surface area contributed by atoms with Crippen LogP contribution in [0, 0.1) is 38.4 Å². The summed E-state index contributed by atoms with van der Waals surface area (Å²) in [4.78, 5) is 0.226. The van der Waals surface area contributed by atoms with E-state index < -0.39 is 34.3 Å². The van der Waals surface area contributed by atoms with Gasteiger partial charge in [-0.25, -0.2) is 0 Å². The smallest absolute Gasteiger partial charge is 1.00 e. The number of rotatable bonds is 14. The van der Waals surface area contributed by atoms with E-state index in [2.05, 4.69) is 177 Å². The predicted octanol–water partition coefficient (Wildman–Crippen LogP) is 8.92. The van der Waals surface area contributed by atoms with Crippen molar-refractivity contribution in [2.45, 2.75) is 118 Å². The fraction of sp³-hybridized carbons (Fsp3) is 0.455. The van der Waals surface area contributed by atoms with Crippen LogP contribution in [0.4, 0.5) is 0 Å². The third-order valence-electron chi connectivity index (χ3n) is 9.14. The molecule has 0 fully saturated rings. The molecule has 1 N–H and O–H groups in total. The molecule has 0 spiro atoms. The van der Waals surface area contributed by atoms with Gasteiger partial charge in [-0.3, -0.25) is 4.18 Å². The van der Waals surface area contributed by atoms with Crippen LogP contribution < -0.4 is 54.6 Å². The van der Waals surface area contributed by atoms with E-state index in [-0.39, 0.29) is 42.5 Å². The van der Waals surface area contributed by atoms with Crippen LogP contribution in [0.1, 0.15) is 49.9 Å². The van der Waals surface area contributed by atoms with Gasteiger partial charge >= 0.3 is 29.6 Å². The molecule has 0 aliphatic carbocycles. The Kier molecular flexibility index (Phi) is 23.9. The van der Waals surface area contributed by atoms with Crippen molar-refractivity contribution >= 4 is 118 Å². The molecule has 0 unspecified atom stereocenters. The van der Waals surface area contributed by atoms with Crippen molar-refractivity contribution in [1.82, 2.24) is 0 Å². The van der Waals surface area contributed by atoms with E-state index in [4.69, 9.17) is 13.7 Å². The quantitative estimate of drug-likeness (QED) is 0.0589. The molecule has 0 atom stereocenters. The SMILES string of the molecule is CCCCOS(=O)(=O)c1ccc(C)cc1.Cc1cc([Si](C)(C)C)cc(I)c1O.Cc1cc([Si](C)(C)C)cc(I)c1OCCCOc1c(C)cc([Si](C)(C)C)cc1I.[H-].[Na+]. The van der Waals surface area contributed by atoms with Gasteiger partial charge in [0.05, 0.1) is 59.6 Å². The first-order chi connectivity index (χ1) is 26.2. The Morgan fingerprint density at radius 3 is 1.31 bits per heavy atom. The van der Waals surface area contributed by atoms with Gasteiger partial charge in [0.15, 0.2) is 0 Å². The molecule has 0 saturated heterocycles. The van der Waals surface area contributed by atoms with Crippen molar-refractivity contribution in [1.29, 1.82) is 0 Å². The number of aromatic hydroxyl groups is 1. The van der Waals surface area contributed by atoms with E-state index in [9.17, 15) is 13.5 Å². The molecule has 6 nitrogen and oxygen atoms in total. The molecule has 14 heteroatoms. The molecule has 0 amide bonds. The van der Waals surface area contributed by atoms with Crippen LogP contribution in [0.5, 0.6) is 17.2 Å². The van der Waals surface area contributed by atoms with Gasteiger partial charge in [0.1, 0.15) is 17.2 Å². The minimum Gasteiger partial charge on any atom is -1.00 e. The second-order valence-electron chi connectivity index (χ2n) is 17.6. The van der Waals surface area contributed by atoms with Gasteiger partial charge in [0.25, 0.3) is 10.1 Å². The van der Waals surface area contributed by atoms with Crippen molar-refractivity contribution in [2.24, 2.45) is 0 Å². The largest absolute Gasteiger partial charge is 1.00 e. The first kappa shape index (κ1) is 56.0. The van der Waals surface area contributed by atoms with Gasteiger partial charge in [-0.1, -0.05) is 124 Å². The number of hydrogen-bond acceptors (Lipinski definition) is 6. The minimum atomic E-state index is -3.55. The molecule has 4 rings (SSSR count). The van der Waals surface area contributed by atoms with Crippen molar-refractivity contribution < 1.29 is 58.2 Å². The predicted molar refractivity (Wildman–Crippen MR) is 278 cm³/mol. The average Bonchev–Trinajstić information content (AvgIpc) is 3.08.